The Labute approximate surface area is 283 Å². The number of carbonyl (C=O) groups excluding carboxylic acids is 1. The van der Waals surface area contributed by atoms with Crippen LogP contribution in [0.5, 0.6) is 11.5 Å². The monoisotopic (exact) mass is 631 g/mol. The summed E-state index contributed by atoms with van der Waals surface area (Å²) in [6.45, 7) is 0. The topological polar surface area (TPSA) is 42.7 Å². The van der Waals surface area contributed by atoms with Crippen LogP contribution >= 0.6 is 0 Å². The van der Waals surface area contributed by atoms with Gasteiger partial charge < -0.3 is 14.1 Å². The van der Waals surface area contributed by atoms with Gasteiger partial charge in [-0.05, 0) is 69.8 Å². The molecule has 1 aliphatic heterocycles. The molecule has 0 saturated carbocycles. The van der Waals surface area contributed by atoms with Crippen LogP contribution in [-0.2, 0) is 5.41 Å². The lowest BCUT2D eigenvalue weighted by Crippen LogP contribution is -2.38. The highest BCUT2D eigenvalue weighted by molar-refractivity contribution is 6.14. The molecule has 0 saturated heterocycles. The minimum atomic E-state index is -0.696. The molecule has 7 aromatic carbocycles. The van der Waals surface area contributed by atoms with Crippen molar-refractivity contribution in [3.63, 3.8) is 0 Å². The number of ketones is 1. The van der Waals surface area contributed by atoms with Gasteiger partial charge in [-0.2, -0.15) is 0 Å². The Bertz CT molecular complexity index is 2580. The average molecular weight is 632 g/mol. The number of rotatable bonds is 3. The van der Waals surface area contributed by atoms with E-state index >= 15 is 0 Å². The van der Waals surface area contributed by atoms with E-state index in [4.69, 9.17) is 9.15 Å². The van der Waals surface area contributed by atoms with Gasteiger partial charge in [0.15, 0.2) is 22.9 Å². The van der Waals surface area contributed by atoms with Crippen molar-refractivity contribution in [3.05, 3.63) is 191 Å². The summed E-state index contributed by atoms with van der Waals surface area (Å²) in [6, 6.07) is 54.0. The summed E-state index contributed by atoms with van der Waals surface area (Å²) in [5.41, 5.74) is 10.5. The van der Waals surface area contributed by atoms with Gasteiger partial charge in [0.1, 0.15) is 11.3 Å². The molecule has 2 aliphatic rings. The van der Waals surface area contributed by atoms with E-state index in [1.807, 2.05) is 66.7 Å². The van der Waals surface area contributed by atoms with Crippen LogP contribution in [0, 0.1) is 0 Å². The Morgan fingerprint density at radius 1 is 0.551 bits per heavy atom. The molecule has 232 valence electrons. The molecule has 0 bridgehead atoms. The number of hydrogen-bond acceptors (Lipinski definition) is 4. The average Bonchev–Trinajstić information content (AvgIpc) is 3.54. The molecule has 2 heterocycles. The third-order valence-electron chi connectivity index (χ3n) is 10.4. The van der Waals surface area contributed by atoms with Gasteiger partial charge in [-0.1, -0.05) is 121 Å². The van der Waals surface area contributed by atoms with Gasteiger partial charge in [-0.25, -0.2) is 0 Å². The SMILES string of the molecule is CN1c2cc(-c3ccc4c(c3)C(c3ccccc3)(c3ccccc3)c3ccccc3C4=O)ccc2Oc2ccc3c(oc4ccccc43)c21. The first-order chi connectivity index (χ1) is 24.1. The Morgan fingerprint density at radius 3 is 1.98 bits per heavy atom. The molecule has 0 radical (unpaired) electrons. The van der Waals surface area contributed by atoms with E-state index in [0.717, 1.165) is 89.3 Å². The molecule has 0 unspecified atom stereocenters. The second-order valence-electron chi connectivity index (χ2n) is 12.8. The first-order valence-electron chi connectivity index (χ1n) is 16.5. The van der Waals surface area contributed by atoms with Crippen molar-refractivity contribution in [2.24, 2.45) is 0 Å². The summed E-state index contributed by atoms with van der Waals surface area (Å²) >= 11 is 0. The Hall–Kier alpha value is -6.39. The first kappa shape index (κ1) is 27.7. The molecule has 8 aromatic rings. The molecule has 0 atom stereocenters. The molecule has 1 aliphatic carbocycles. The van der Waals surface area contributed by atoms with Crippen molar-refractivity contribution in [1.29, 1.82) is 0 Å². The number of nitrogens with zero attached hydrogens (tertiary/aromatic N) is 1. The van der Waals surface area contributed by atoms with E-state index in [0.29, 0.717) is 0 Å². The lowest BCUT2D eigenvalue weighted by molar-refractivity contribution is 0.103. The predicted molar refractivity (Wildman–Crippen MR) is 195 cm³/mol. The van der Waals surface area contributed by atoms with Gasteiger partial charge >= 0.3 is 0 Å². The van der Waals surface area contributed by atoms with Gasteiger partial charge in [0, 0.05) is 28.9 Å². The number of carbonyl (C=O) groups is 1. The molecule has 4 heteroatoms. The van der Waals surface area contributed by atoms with E-state index in [1.54, 1.807) is 0 Å². The first-order valence-corrected chi connectivity index (χ1v) is 16.5. The van der Waals surface area contributed by atoms with Crippen LogP contribution in [0.25, 0.3) is 33.1 Å². The van der Waals surface area contributed by atoms with Crippen LogP contribution in [0.3, 0.4) is 0 Å². The summed E-state index contributed by atoms with van der Waals surface area (Å²) in [7, 11) is 2.06. The molecule has 0 amide bonds. The van der Waals surface area contributed by atoms with Crippen molar-refractivity contribution < 1.29 is 13.9 Å². The van der Waals surface area contributed by atoms with Gasteiger partial charge in [0.05, 0.1) is 11.1 Å². The molecular formula is C45H29NO3. The highest BCUT2D eigenvalue weighted by atomic mass is 16.5. The number of furan rings is 1. The van der Waals surface area contributed by atoms with E-state index in [1.165, 1.54) is 0 Å². The van der Waals surface area contributed by atoms with Crippen LogP contribution in [0.4, 0.5) is 11.4 Å². The number of fused-ring (bicyclic) bond motifs is 8. The molecule has 0 spiro atoms. The number of anilines is 2. The number of hydrogen-bond donors (Lipinski definition) is 0. The number of benzene rings is 7. The molecule has 4 nitrogen and oxygen atoms in total. The lowest BCUT2D eigenvalue weighted by atomic mass is 9.59. The molecule has 0 fully saturated rings. The van der Waals surface area contributed by atoms with Crippen LogP contribution in [-0.4, -0.2) is 12.8 Å². The highest BCUT2D eigenvalue weighted by Gasteiger charge is 2.46. The van der Waals surface area contributed by atoms with Crippen molar-refractivity contribution in [3.8, 4) is 22.6 Å². The Kier molecular flexibility index (Phi) is 5.82. The highest BCUT2D eigenvalue weighted by Crippen LogP contribution is 2.53. The van der Waals surface area contributed by atoms with E-state index in [2.05, 4.69) is 103 Å². The van der Waals surface area contributed by atoms with E-state index in [9.17, 15) is 4.79 Å². The van der Waals surface area contributed by atoms with Gasteiger partial charge in [-0.3, -0.25) is 4.79 Å². The Balaban J connectivity index is 1.18. The minimum Gasteiger partial charge on any atom is -0.454 e. The summed E-state index contributed by atoms with van der Waals surface area (Å²) in [5.74, 6) is 1.58. The van der Waals surface area contributed by atoms with Crippen LogP contribution < -0.4 is 9.64 Å². The second kappa shape index (κ2) is 10.3. The largest absolute Gasteiger partial charge is 0.454 e. The summed E-state index contributed by atoms with van der Waals surface area (Å²) < 4.78 is 12.9. The van der Waals surface area contributed by atoms with Crippen molar-refractivity contribution in [1.82, 2.24) is 0 Å². The van der Waals surface area contributed by atoms with Crippen LogP contribution in [0.1, 0.15) is 38.2 Å². The van der Waals surface area contributed by atoms with E-state index < -0.39 is 5.41 Å². The van der Waals surface area contributed by atoms with Crippen molar-refractivity contribution in [2.75, 3.05) is 11.9 Å². The zero-order valence-electron chi connectivity index (χ0n) is 26.7. The van der Waals surface area contributed by atoms with Crippen molar-refractivity contribution in [2.45, 2.75) is 5.41 Å². The zero-order valence-corrected chi connectivity index (χ0v) is 26.7. The fourth-order valence-electron chi connectivity index (χ4n) is 8.14. The smallest absolute Gasteiger partial charge is 0.193 e. The summed E-state index contributed by atoms with van der Waals surface area (Å²) in [5, 5.41) is 2.14. The number of ether oxygens (including phenoxy) is 1. The maximum absolute atomic E-state index is 14.2. The van der Waals surface area contributed by atoms with Gasteiger partial charge in [0.25, 0.3) is 0 Å². The van der Waals surface area contributed by atoms with Gasteiger partial charge in [0.2, 0.25) is 0 Å². The van der Waals surface area contributed by atoms with E-state index in [-0.39, 0.29) is 5.78 Å². The lowest BCUT2D eigenvalue weighted by Gasteiger charge is -2.42. The number of para-hydroxylation sites is 1. The standard InChI is InChI=1S/C45H29NO3/c1-46-38-27-29(21-24-40(38)48-41-25-23-33-32-16-9-11-19-39(32)49-44(33)42(41)46)28-20-22-35-37(26-28)45(30-12-4-2-5-13-30,31-14-6-3-7-15-31)36-18-10-8-17-34(36)43(35)47/h2-27H,1H3. The molecule has 49 heavy (non-hydrogen) atoms. The zero-order chi connectivity index (χ0) is 32.7. The molecule has 10 rings (SSSR count). The van der Waals surface area contributed by atoms with Crippen LogP contribution in [0.15, 0.2) is 162 Å². The maximum Gasteiger partial charge on any atom is 0.193 e. The summed E-state index contributed by atoms with van der Waals surface area (Å²) in [6.07, 6.45) is 0. The third-order valence-corrected chi connectivity index (χ3v) is 10.4. The Morgan fingerprint density at radius 2 is 1.18 bits per heavy atom. The fraction of sp³-hybridized carbons (Fsp3) is 0.0444. The summed E-state index contributed by atoms with van der Waals surface area (Å²) in [4.78, 5) is 16.4. The normalized spacial score (nSPS) is 14.1. The third kappa shape index (κ3) is 3.83. The van der Waals surface area contributed by atoms with Gasteiger partial charge in [-0.15, -0.1) is 0 Å². The fourth-order valence-corrected chi connectivity index (χ4v) is 8.14. The quantitative estimate of drug-likeness (QED) is 0.195. The second-order valence-corrected chi connectivity index (χ2v) is 12.8. The minimum absolute atomic E-state index is 0.0460. The molecule has 1 aromatic heterocycles. The predicted octanol–water partition coefficient (Wildman–Crippen LogP) is 11.1. The van der Waals surface area contributed by atoms with Crippen LogP contribution in [0.2, 0.25) is 0 Å². The molecule has 0 N–H and O–H groups in total. The van der Waals surface area contributed by atoms with Crippen molar-refractivity contribution >= 4 is 39.1 Å². The maximum atomic E-state index is 14.2. The molecular weight excluding hydrogens is 602 g/mol.